The van der Waals surface area contributed by atoms with E-state index in [1.807, 2.05) is 12.3 Å². The molecule has 2 nitrogen and oxygen atoms in total. The number of rotatable bonds is 3. The first-order valence-electron chi connectivity index (χ1n) is 4.31. The largest absolute Gasteiger partial charge is 0.364 e. The second kappa shape index (κ2) is 3.09. The van der Waals surface area contributed by atoms with Crippen molar-refractivity contribution in [3.05, 3.63) is 24.0 Å². The summed E-state index contributed by atoms with van der Waals surface area (Å²) in [6.07, 6.45) is 6.10. The second-order valence-electron chi connectivity index (χ2n) is 3.20. The normalized spacial score (nSPS) is 18.2. The van der Waals surface area contributed by atoms with Gasteiger partial charge in [0.05, 0.1) is 0 Å². The molecule has 0 amide bonds. The molecule has 1 heterocycles. The van der Waals surface area contributed by atoms with Gasteiger partial charge in [0.25, 0.3) is 0 Å². The molecule has 0 atom stereocenters. The van der Waals surface area contributed by atoms with Crippen LogP contribution in [0.1, 0.15) is 25.0 Å². The lowest BCUT2D eigenvalue weighted by Gasteiger charge is -2.26. The molecule has 1 aromatic rings. The third-order valence-corrected chi connectivity index (χ3v) is 2.35. The molecule has 2 N–H and O–H groups in total. The SMILES string of the molecule is c1c[nH]c(CNC2CCC2)c1. The molecule has 0 aliphatic heterocycles. The van der Waals surface area contributed by atoms with Crippen LogP contribution < -0.4 is 5.32 Å². The van der Waals surface area contributed by atoms with Gasteiger partial charge in [0.15, 0.2) is 0 Å². The quantitative estimate of drug-likeness (QED) is 0.673. The van der Waals surface area contributed by atoms with Crippen LogP contribution in [0, 0.1) is 0 Å². The number of nitrogens with one attached hydrogen (secondary N) is 2. The average Bonchev–Trinajstić information content (AvgIpc) is 2.36. The van der Waals surface area contributed by atoms with Crippen molar-refractivity contribution in [1.29, 1.82) is 0 Å². The van der Waals surface area contributed by atoms with E-state index in [1.165, 1.54) is 25.0 Å². The van der Waals surface area contributed by atoms with Crippen molar-refractivity contribution >= 4 is 0 Å². The van der Waals surface area contributed by atoms with E-state index in [1.54, 1.807) is 0 Å². The maximum atomic E-state index is 3.49. The summed E-state index contributed by atoms with van der Waals surface area (Å²) in [6.45, 7) is 0.998. The topological polar surface area (TPSA) is 27.8 Å². The Kier molecular flexibility index (Phi) is 1.95. The van der Waals surface area contributed by atoms with E-state index in [0.29, 0.717) is 0 Å². The highest BCUT2D eigenvalue weighted by atomic mass is 14.9. The Morgan fingerprint density at radius 2 is 2.45 bits per heavy atom. The van der Waals surface area contributed by atoms with Gasteiger partial charge < -0.3 is 10.3 Å². The Labute approximate surface area is 67.0 Å². The monoisotopic (exact) mass is 150 g/mol. The fourth-order valence-electron chi connectivity index (χ4n) is 1.34. The van der Waals surface area contributed by atoms with E-state index in [9.17, 15) is 0 Å². The summed E-state index contributed by atoms with van der Waals surface area (Å²) in [5.74, 6) is 0. The third kappa shape index (κ3) is 1.63. The summed E-state index contributed by atoms with van der Waals surface area (Å²) in [7, 11) is 0. The molecule has 2 heteroatoms. The van der Waals surface area contributed by atoms with Gasteiger partial charge in [-0.05, 0) is 25.0 Å². The zero-order chi connectivity index (χ0) is 7.52. The summed E-state index contributed by atoms with van der Waals surface area (Å²) in [6, 6.07) is 4.95. The van der Waals surface area contributed by atoms with Crippen LogP contribution in [-0.2, 0) is 6.54 Å². The first-order chi connectivity index (χ1) is 5.45. The summed E-state index contributed by atoms with van der Waals surface area (Å²) in [5, 5.41) is 3.49. The van der Waals surface area contributed by atoms with Crippen molar-refractivity contribution in [2.45, 2.75) is 31.8 Å². The van der Waals surface area contributed by atoms with Crippen molar-refractivity contribution in [2.75, 3.05) is 0 Å². The van der Waals surface area contributed by atoms with Crippen LogP contribution in [0.3, 0.4) is 0 Å². The maximum Gasteiger partial charge on any atom is 0.0359 e. The molecule has 1 saturated carbocycles. The smallest absolute Gasteiger partial charge is 0.0359 e. The summed E-state index contributed by atoms with van der Waals surface area (Å²) in [4.78, 5) is 3.18. The minimum Gasteiger partial charge on any atom is -0.364 e. The summed E-state index contributed by atoms with van der Waals surface area (Å²) in [5.41, 5.74) is 1.29. The lowest BCUT2D eigenvalue weighted by Crippen LogP contribution is -2.34. The van der Waals surface area contributed by atoms with Crippen LogP contribution in [0.2, 0.25) is 0 Å². The molecule has 0 bridgehead atoms. The highest BCUT2D eigenvalue weighted by Crippen LogP contribution is 2.18. The zero-order valence-electron chi connectivity index (χ0n) is 6.64. The van der Waals surface area contributed by atoms with Gasteiger partial charge >= 0.3 is 0 Å². The van der Waals surface area contributed by atoms with Crippen LogP contribution in [0.4, 0.5) is 0 Å². The Hall–Kier alpha value is -0.760. The minimum atomic E-state index is 0.790. The molecule has 0 unspecified atom stereocenters. The van der Waals surface area contributed by atoms with Crippen LogP contribution in [-0.4, -0.2) is 11.0 Å². The number of aromatic nitrogens is 1. The molecule has 1 aromatic heterocycles. The van der Waals surface area contributed by atoms with Gasteiger partial charge in [-0.2, -0.15) is 0 Å². The lowest BCUT2D eigenvalue weighted by atomic mass is 9.93. The molecule has 1 fully saturated rings. The van der Waals surface area contributed by atoms with Crippen LogP contribution in [0.25, 0.3) is 0 Å². The molecule has 11 heavy (non-hydrogen) atoms. The van der Waals surface area contributed by atoms with E-state index in [-0.39, 0.29) is 0 Å². The molecule has 60 valence electrons. The van der Waals surface area contributed by atoms with Crippen molar-refractivity contribution in [2.24, 2.45) is 0 Å². The van der Waals surface area contributed by atoms with Gasteiger partial charge in [-0.3, -0.25) is 0 Å². The van der Waals surface area contributed by atoms with Crippen molar-refractivity contribution in [3.63, 3.8) is 0 Å². The number of H-pyrrole nitrogens is 1. The van der Waals surface area contributed by atoms with E-state index < -0.39 is 0 Å². The molecular weight excluding hydrogens is 136 g/mol. The summed E-state index contributed by atoms with van der Waals surface area (Å²) < 4.78 is 0. The minimum absolute atomic E-state index is 0.790. The standard InChI is InChI=1S/C9H14N2/c1-3-8(4-1)11-7-9-5-2-6-10-9/h2,5-6,8,10-11H,1,3-4,7H2. The maximum absolute atomic E-state index is 3.49. The Morgan fingerprint density at radius 3 is 3.00 bits per heavy atom. The second-order valence-corrected chi connectivity index (χ2v) is 3.20. The molecule has 0 spiro atoms. The Morgan fingerprint density at radius 1 is 1.55 bits per heavy atom. The molecule has 2 rings (SSSR count). The predicted molar refractivity (Wildman–Crippen MR) is 45.3 cm³/mol. The van der Waals surface area contributed by atoms with Gasteiger partial charge in [0.1, 0.15) is 0 Å². The van der Waals surface area contributed by atoms with E-state index in [4.69, 9.17) is 0 Å². The van der Waals surface area contributed by atoms with Gasteiger partial charge in [-0.1, -0.05) is 6.42 Å². The van der Waals surface area contributed by atoms with Crippen LogP contribution in [0.15, 0.2) is 18.3 Å². The van der Waals surface area contributed by atoms with Gasteiger partial charge in [0, 0.05) is 24.5 Å². The molecule has 1 aliphatic carbocycles. The van der Waals surface area contributed by atoms with Crippen molar-refractivity contribution in [3.8, 4) is 0 Å². The van der Waals surface area contributed by atoms with E-state index >= 15 is 0 Å². The van der Waals surface area contributed by atoms with E-state index in [0.717, 1.165) is 12.6 Å². The Balaban J connectivity index is 1.74. The van der Waals surface area contributed by atoms with Gasteiger partial charge in [-0.25, -0.2) is 0 Å². The summed E-state index contributed by atoms with van der Waals surface area (Å²) >= 11 is 0. The fraction of sp³-hybridized carbons (Fsp3) is 0.556. The first-order valence-corrected chi connectivity index (χ1v) is 4.31. The molecule has 0 radical (unpaired) electrons. The van der Waals surface area contributed by atoms with Gasteiger partial charge in [-0.15, -0.1) is 0 Å². The van der Waals surface area contributed by atoms with Crippen LogP contribution in [0.5, 0.6) is 0 Å². The van der Waals surface area contributed by atoms with Gasteiger partial charge in [0.2, 0.25) is 0 Å². The highest BCUT2D eigenvalue weighted by molar-refractivity contribution is 5.03. The molecule has 0 saturated heterocycles. The molecule has 0 aromatic carbocycles. The zero-order valence-corrected chi connectivity index (χ0v) is 6.64. The third-order valence-electron chi connectivity index (χ3n) is 2.35. The van der Waals surface area contributed by atoms with E-state index in [2.05, 4.69) is 16.4 Å². The number of hydrogen-bond acceptors (Lipinski definition) is 1. The Bertz CT molecular complexity index is 199. The molecule has 1 aliphatic rings. The van der Waals surface area contributed by atoms with Crippen LogP contribution >= 0.6 is 0 Å². The average molecular weight is 150 g/mol. The first kappa shape index (κ1) is 6.92. The fourth-order valence-corrected chi connectivity index (χ4v) is 1.34. The predicted octanol–water partition coefficient (Wildman–Crippen LogP) is 1.66. The molecular formula is C9H14N2. The number of hydrogen-bond donors (Lipinski definition) is 2. The van der Waals surface area contributed by atoms with Crippen molar-refractivity contribution in [1.82, 2.24) is 10.3 Å². The number of aromatic amines is 1. The lowest BCUT2D eigenvalue weighted by molar-refractivity contribution is 0.337. The van der Waals surface area contributed by atoms with Crippen molar-refractivity contribution < 1.29 is 0 Å². The highest BCUT2D eigenvalue weighted by Gasteiger charge is 2.15.